The van der Waals surface area contributed by atoms with Gasteiger partial charge in [0.2, 0.25) is 0 Å². The van der Waals surface area contributed by atoms with Crippen molar-refractivity contribution in [2.75, 3.05) is 0 Å². The Balaban J connectivity index is 3.48. The Morgan fingerprint density at radius 1 is 0.727 bits per heavy atom. The van der Waals surface area contributed by atoms with Crippen molar-refractivity contribution in [1.82, 2.24) is 0 Å². The first kappa shape index (κ1) is 20.2. The van der Waals surface area contributed by atoms with E-state index in [1.807, 2.05) is 12.2 Å². The first-order valence-electron chi connectivity index (χ1n) is 8.26. The molecule has 0 heterocycles. The fraction of sp³-hybridized carbons (Fsp3) is 0.450. The van der Waals surface area contributed by atoms with E-state index in [1.54, 1.807) is 6.08 Å². The molecule has 0 aliphatic rings. The molecule has 0 unspecified atom stereocenters. The van der Waals surface area contributed by atoms with Crippen LogP contribution in [0.2, 0.25) is 0 Å². The zero-order valence-corrected chi connectivity index (χ0v) is 13.8. The minimum absolute atomic E-state index is 0.671. The molecule has 0 atom stereocenters. The maximum Gasteiger partial charge on any atom is 0.327 e. The van der Waals surface area contributed by atoms with Crippen LogP contribution in [-0.2, 0) is 4.79 Å². The number of aliphatic carboxylic acids is 1. The van der Waals surface area contributed by atoms with Crippen LogP contribution in [0.5, 0.6) is 0 Å². The van der Waals surface area contributed by atoms with Gasteiger partial charge >= 0.3 is 5.97 Å². The Kier molecular flexibility index (Phi) is 15.8. The zero-order chi connectivity index (χ0) is 16.3. The zero-order valence-electron chi connectivity index (χ0n) is 13.8. The quantitative estimate of drug-likeness (QED) is 0.258. The van der Waals surface area contributed by atoms with Crippen molar-refractivity contribution < 1.29 is 9.90 Å². The third-order valence-corrected chi connectivity index (χ3v) is 2.99. The topological polar surface area (TPSA) is 37.3 Å². The Hall–Kier alpha value is -1.83. The second kappa shape index (κ2) is 17.2. The highest BCUT2D eigenvalue weighted by atomic mass is 16.4. The summed E-state index contributed by atoms with van der Waals surface area (Å²) in [7, 11) is 0. The van der Waals surface area contributed by atoms with E-state index in [-0.39, 0.29) is 0 Å². The highest BCUT2D eigenvalue weighted by Gasteiger charge is 1.82. The maximum atomic E-state index is 10.2. The Morgan fingerprint density at radius 3 is 1.64 bits per heavy atom. The number of unbranched alkanes of at least 4 members (excludes halogenated alkanes) is 3. The van der Waals surface area contributed by atoms with Crippen LogP contribution in [0.4, 0.5) is 0 Å². The molecule has 22 heavy (non-hydrogen) atoms. The van der Waals surface area contributed by atoms with Crippen molar-refractivity contribution in [2.45, 2.75) is 58.3 Å². The summed E-state index contributed by atoms with van der Waals surface area (Å²) < 4.78 is 0. The van der Waals surface area contributed by atoms with Crippen LogP contribution in [0, 0.1) is 0 Å². The lowest BCUT2D eigenvalue weighted by Gasteiger charge is -1.90. The lowest BCUT2D eigenvalue weighted by Crippen LogP contribution is -1.84. The summed E-state index contributed by atoms with van der Waals surface area (Å²) in [6.45, 7) is 2.23. The summed E-state index contributed by atoms with van der Waals surface area (Å²) in [5.41, 5.74) is 0. The van der Waals surface area contributed by atoms with E-state index < -0.39 is 5.97 Å². The summed E-state index contributed by atoms with van der Waals surface area (Å²) in [6, 6.07) is 0. The van der Waals surface area contributed by atoms with Crippen LogP contribution < -0.4 is 0 Å². The van der Waals surface area contributed by atoms with Crippen LogP contribution in [0.25, 0.3) is 0 Å². The fourth-order valence-electron chi connectivity index (χ4n) is 1.79. The van der Waals surface area contributed by atoms with Gasteiger partial charge in [-0.05, 0) is 38.5 Å². The predicted molar refractivity (Wildman–Crippen MR) is 95.9 cm³/mol. The van der Waals surface area contributed by atoms with Gasteiger partial charge in [-0.3, -0.25) is 0 Å². The molecule has 2 nitrogen and oxygen atoms in total. The molecule has 0 aromatic heterocycles. The molecule has 0 spiro atoms. The molecule has 0 radical (unpaired) electrons. The van der Waals surface area contributed by atoms with E-state index in [2.05, 4.69) is 43.4 Å². The van der Waals surface area contributed by atoms with E-state index >= 15 is 0 Å². The standard InChI is InChI=1S/C20H30O2/c1-2-3-4-5-6-7-8-9-10-11-12-13-14-15-16-17-18-19-20(21)22/h6-7,9-10,12-13,15-16,18-19H,2-5,8,11,14,17H2,1H3,(H,21,22). The summed E-state index contributed by atoms with van der Waals surface area (Å²) >= 11 is 0. The molecule has 0 aliphatic carbocycles. The normalized spacial score (nSPS) is 12.8. The Labute approximate surface area is 135 Å². The number of hydrogen-bond acceptors (Lipinski definition) is 1. The molecule has 2 heteroatoms. The van der Waals surface area contributed by atoms with Gasteiger partial charge in [0.05, 0.1) is 0 Å². The van der Waals surface area contributed by atoms with E-state index in [4.69, 9.17) is 5.11 Å². The molecule has 0 fully saturated rings. The van der Waals surface area contributed by atoms with Gasteiger partial charge in [0.25, 0.3) is 0 Å². The van der Waals surface area contributed by atoms with Crippen molar-refractivity contribution in [2.24, 2.45) is 0 Å². The maximum absolute atomic E-state index is 10.2. The highest BCUT2D eigenvalue weighted by Crippen LogP contribution is 2.00. The van der Waals surface area contributed by atoms with Crippen LogP contribution in [-0.4, -0.2) is 11.1 Å². The van der Waals surface area contributed by atoms with Crippen LogP contribution in [0.1, 0.15) is 58.3 Å². The number of rotatable bonds is 13. The smallest absolute Gasteiger partial charge is 0.327 e. The average molecular weight is 302 g/mol. The molecule has 0 saturated carbocycles. The van der Waals surface area contributed by atoms with Crippen molar-refractivity contribution in [3.8, 4) is 0 Å². The third kappa shape index (κ3) is 18.2. The van der Waals surface area contributed by atoms with E-state index in [1.165, 1.54) is 31.8 Å². The number of carboxylic acid groups (broad SMARTS) is 1. The summed E-state index contributed by atoms with van der Waals surface area (Å²) in [4.78, 5) is 10.2. The minimum atomic E-state index is -0.893. The number of carbonyl (C=O) groups is 1. The number of hydrogen-bond donors (Lipinski definition) is 1. The third-order valence-electron chi connectivity index (χ3n) is 2.99. The Bertz CT molecular complexity index is 398. The first-order chi connectivity index (χ1) is 10.8. The van der Waals surface area contributed by atoms with Gasteiger partial charge in [-0.1, -0.05) is 74.4 Å². The molecule has 122 valence electrons. The summed E-state index contributed by atoms with van der Waals surface area (Å²) in [5, 5.41) is 8.41. The van der Waals surface area contributed by atoms with Crippen molar-refractivity contribution in [1.29, 1.82) is 0 Å². The molecule has 0 bridgehead atoms. The second-order valence-corrected chi connectivity index (χ2v) is 5.06. The number of allylic oxidation sites excluding steroid dienone is 9. The molecule has 0 rings (SSSR count). The molecular formula is C20H30O2. The van der Waals surface area contributed by atoms with Gasteiger partial charge in [0, 0.05) is 6.08 Å². The van der Waals surface area contributed by atoms with Gasteiger partial charge in [0.1, 0.15) is 0 Å². The van der Waals surface area contributed by atoms with E-state index in [9.17, 15) is 4.79 Å². The summed E-state index contributed by atoms with van der Waals surface area (Å²) in [6.07, 6.45) is 28.7. The second-order valence-electron chi connectivity index (χ2n) is 5.06. The highest BCUT2D eigenvalue weighted by molar-refractivity contribution is 5.79. The lowest BCUT2D eigenvalue weighted by molar-refractivity contribution is -0.131. The van der Waals surface area contributed by atoms with Gasteiger partial charge in [-0.15, -0.1) is 0 Å². The van der Waals surface area contributed by atoms with Crippen LogP contribution in [0.15, 0.2) is 60.8 Å². The van der Waals surface area contributed by atoms with Gasteiger partial charge < -0.3 is 5.11 Å². The molecular weight excluding hydrogens is 272 g/mol. The molecule has 0 aromatic rings. The molecule has 1 N–H and O–H groups in total. The first-order valence-corrected chi connectivity index (χ1v) is 8.26. The molecule has 0 amide bonds. The average Bonchev–Trinajstić information content (AvgIpc) is 2.50. The monoisotopic (exact) mass is 302 g/mol. The molecule has 0 saturated heterocycles. The lowest BCUT2D eigenvalue weighted by atomic mass is 10.2. The van der Waals surface area contributed by atoms with Gasteiger partial charge in [0.15, 0.2) is 0 Å². The van der Waals surface area contributed by atoms with Crippen molar-refractivity contribution in [3.05, 3.63) is 60.8 Å². The molecule has 0 aromatic carbocycles. The van der Waals surface area contributed by atoms with Crippen LogP contribution in [0.3, 0.4) is 0 Å². The largest absolute Gasteiger partial charge is 0.478 e. The van der Waals surface area contributed by atoms with E-state index in [0.29, 0.717) is 6.42 Å². The van der Waals surface area contributed by atoms with Gasteiger partial charge in [-0.2, -0.15) is 0 Å². The van der Waals surface area contributed by atoms with Crippen LogP contribution >= 0.6 is 0 Å². The van der Waals surface area contributed by atoms with Crippen molar-refractivity contribution in [3.63, 3.8) is 0 Å². The fourth-order valence-corrected chi connectivity index (χ4v) is 1.79. The minimum Gasteiger partial charge on any atom is -0.478 e. The predicted octanol–water partition coefficient (Wildman–Crippen LogP) is 5.99. The van der Waals surface area contributed by atoms with Gasteiger partial charge in [-0.25, -0.2) is 4.79 Å². The van der Waals surface area contributed by atoms with E-state index in [0.717, 1.165) is 19.3 Å². The Morgan fingerprint density at radius 2 is 1.18 bits per heavy atom. The SMILES string of the molecule is CCCCCC=CCC=CCC=CCC=CCC=CC(=O)O. The number of carboxylic acids is 1. The summed E-state index contributed by atoms with van der Waals surface area (Å²) in [5.74, 6) is -0.893. The van der Waals surface area contributed by atoms with Crippen molar-refractivity contribution >= 4 is 5.97 Å². The molecule has 0 aliphatic heterocycles.